The number of Topliss-reactive ketones (excluding diaryl/α,β-unsaturated/α-hetero) is 1. The third kappa shape index (κ3) is 5.28. The normalized spacial score (nSPS) is 10.4. The Hall–Kier alpha value is -3.41. The van der Waals surface area contributed by atoms with Crippen molar-refractivity contribution in [3.8, 4) is 11.4 Å². The largest absolute Gasteiger partial charge is 0.484 e. The minimum atomic E-state index is -0.182. The van der Waals surface area contributed by atoms with Crippen molar-refractivity contribution in [1.82, 2.24) is 15.1 Å². The molecule has 1 heterocycles. The monoisotopic (exact) mass is 363 g/mol. The van der Waals surface area contributed by atoms with Gasteiger partial charge < -0.3 is 10.1 Å². The van der Waals surface area contributed by atoms with Crippen molar-refractivity contribution < 1.29 is 14.3 Å². The van der Waals surface area contributed by atoms with Crippen LogP contribution in [0.1, 0.15) is 22.8 Å². The minimum absolute atomic E-state index is 0.00283. The molecule has 0 atom stereocenters. The molecule has 0 unspecified atom stereocenters. The molecule has 3 aromatic rings. The van der Waals surface area contributed by atoms with Crippen LogP contribution in [0.4, 0.5) is 0 Å². The van der Waals surface area contributed by atoms with Crippen molar-refractivity contribution in [2.45, 2.75) is 13.3 Å². The number of carbonyl (C=O) groups is 2. The molecular weight excluding hydrogens is 342 g/mol. The molecule has 0 fully saturated rings. The van der Waals surface area contributed by atoms with Crippen molar-refractivity contribution >= 4 is 11.7 Å². The molecule has 6 heteroatoms. The first kappa shape index (κ1) is 18.4. The lowest BCUT2D eigenvalue weighted by Crippen LogP contribution is -2.30. The van der Waals surface area contributed by atoms with Crippen LogP contribution in [0, 0.1) is 0 Å². The fourth-order valence-electron chi connectivity index (χ4n) is 2.57. The highest BCUT2D eigenvalue weighted by atomic mass is 16.5. The van der Waals surface area contributed by atoms with Gasteiger partial charge in [0, 0.05) is 24.5 Å². The van der Waals surface area contributed by atoms with Crippen LogP contribution in [0.3, 0.4) is 0 Å². The summed E-state index contributed by atoms with van der Waals surface area (Å²) >= 11 is 0. The number of hydrogen-bond acceptors (Lipinski definition) is 4. The van der Waals surface area contributed by atoms with Crippen molar-refractivity contribution in [3.63, 3.8) is 0 Å². The average molecular weight is 363 g/mol. The minimum Gasteiger partial charge on any atom is -0.484 e. The lowest BCUT2D eigenvalue weighted by atomic mass is 10.1. The lowest BCUT2D eigenvalue weighted by molar-refractivity contribution is -0.123. The fourth-order valence-corrected chi connectivity index (χ4v) is 2.57. The van der Waals surface area contributed by atoms with E-state index in [2.05, 4.69) is 10.4 Å². The van der Waals surface area contributed by atoms with Crippen LogP contribution in [-0.4, -0.2) is 34.6 Å². The quantitative estimate of drug-likeness (QED) is 0.625. The molecule has 1 amide bonds. The van der Waals surface area contributed by atoms with Gasteiger partial charge in [-0.25, -0.2) is 4.68 Å². The SMILES string of the molecule is CC(=O)c1ccc(OCC(=O)NCCc2ccc(-n3cccn3)cc2)cc1. The van der Waals surface area contributed by atoms with Gasteiger partial charge in [-0.2, -0.15) is 5.10 Å². The van der Waals surface area contributed by atoms with E-state index in [1.165, 1.54) is 6.92 Å². The number of benzene rings is 2. The van der Waals surface area contributed by atoms with Crippen molar-refractivity contribution in [2.75, 3.05) is 13.2 Å². The van der Waals surface area contributed by atoms with E-state index in [4.69, 9.17) is 4.74 Å². The number of nitrogens with zero attached hydrogens (tertiary/aromatic N) is 2. The summed E-state index contributed by atoms with van der Waals surface area (Å²) in [4.78, 5) is 23.1. The Labute approximate surface area is 157 Å². The number of rotatable bonds is 8. The molecule has 0 aliphatic heterocycles. The predicted molar refractivity (Wildman–Crippen MR) is 102 cm³/mol. The van der Waals surface area contributed by atoms with Crippen LogP contribution in [0.2, 0.25) is 0 Å². The Kier molecular flexibility index (Phi) is 5.99. The van der Waals surface area contributed by atoms with Crippen molar-refractivity contribution in [1.29, 1.82) is 0 Å². The van der Waals surface area contributed by atoms with E-state index in [-0.39, 0.29) is 18.3 Å². The Morgan fingerprint density at radius 2 is 1.81 bits per heavy atom. The summed E-state index contributed by atoms with van der Waals surface area (Å²) in [6.45, 7) is 1.98. The summed E-state index contributed by atoms with van der Waals surface area (Å²) < 4.78 is 7.23. The first-order chi connectivity index (χ1) is 13.1. The van der Waals surface area contributed by atoms with E-state index < -0.39 is 0 Å². The molecule has 0 radical (unpaired) electrons. The van der Waals surface area contributed by atoms with Gasteiger partial charge in [-0.1, -0.05) is 12.1 Å². The zero-order chi connectivity index (χ0) is 19.1. The predicted octanol–water partition coefficient (Wildman–Crippen LogP) is 2.81. The molecule has 1 aromatic heterocycles. The number of ether oxygens (including phenoxy) is 1. The van der Waals surface area contributed by atoms with Gasteiger partial charge in [0.15, 0.2) is 12.4 Å². The maximum Gasteiger partial charge on any atom is 0.257 e. The molecule has 27 heavy (non-hydrogen) atoms. The maximum atomic E-state index is 11.9. The number of aromatic nitrogens is 2. The van der Waals surface area contributed by atoms with E-state index in [1.807, 2.05) is 36.5 Å². The first-order valence-corrected chi connectivity index (χ1v) is 8.71. The van der Waals surface area contributed by atoms with E-state index in [0.717, 1.165) is 17.7 Å². The van der Waals surface area contributed by atoms with E-state index in [1.54, 1.807) is 35.1 Å². The number of ketones is 1. The molecule has 3 rings (SSSR count). The van der Waals surface area contributed by atoms with E-state index >= 15 is 0 Å². The number of amides is 1. The summed E-state index contributed by atoms with van der Waals surface area (Å²) in [7, 11) is 0. The molecule has 0 aliphatic carbocycles. The van der Waals surface area contributed by atoms with Gasteiger partial charge in [0.05, 0.1) is 5.69 Å². The Bertz CT molecular complexity index is 885. The third-order valence-electron chi connectivity index (χ3n) is 4.07. The van der Waals surface area contributed by atoms with Gasteiger partial charge in [0.25, 0.3) is 5.91 Å². The standard InChI is InChI=1S/C21H21N3O3/c1-16(25)18-5-9-20(10-6-18)27-15-21(26)22-13-11-17-3-7-19(8-4-17)24-14-2-12-23-24/h2-10,12,14H,11,13,15H2,1H3,(H,22,26). The maximum absolute atomic E-state index is 11.9. The number of carbonyl (C=O) groups excluding carboxylic acids is 2. The molecular formula is C21H21N3O3. The second-order valence-electron chi connectivity index (χ2n) is 6.09. The summed E-state index contributed by atoms with van der Waals surface area (Å²) in [5, 5.41) is 7.03. The molecule has 2 aromatic carbocycles. The molecule has 0 aliphatic rings. The third-order valence-corrected chi connectivity index (χ3v) is 4.07. The Balaban J connectivity index is 1.39. The highest BCUT2D eigenvalue weighted by molar-refractivity contribution is 5.94. The fraction of sp³-hybridized carbons (Fsp3) is 0.190. The van der Waals surface area contributed by atoms with E-state index in [0.29, 0.717) is 17.9 Å². The van der Waals surface area contributed by atoms with E-state index in [9.17, 15) is 9.59 Å². The zero-order valence-corrected chi connectivity index (χ0v) is 15.1. The van der Waals surface area contributed by atoms with Gasteiger partial charge in [0.1, 0.15) is 5.75 Å². The molecule has 1 N–H and O–H groups in total. The van der Waals surface area contributed by atoms with Gasteiger partial charge in [-0.15, -0.1) is 0 Å². The molecule has 0 saturated carbocycles. The second kappa shape index (κ2) is 8.80. The van der Waals surface area contributed by atoms with Crippen LogP contribution in [0.5, 0.6) is 5.75 Å². The lowest BCUT2D eigenvalue weighted by Gasteiger charge is -2.08. The average Bonchev–Trinajstić information content (AvgIpc) is 3.22. The summed E-state index contributed by atoms with van der Waals surface area (Å²) in [6.07, 6.45) is 4.37. The highest BCUT2D eigenvalue weighted by Crippen LogP contribution is 2.12. The second-order valence-corrected chi connectivity index (χ2v) is 6.09. The summed E-state index contributed by atoms with van der Waals surface area (Å²) in [6, 6.07) is 16.7. The van der Waals surface area contributed by atoms with Crippen LogP contribution >= 0.6 is 0 Å². The molecule has 0 bridgehead atoms. The van der Waals surface area contributed by atoms with Crippen LogP contribution in [0.15, 0.2) is 67.0 Å². The number of nitrogens with one attached hydrogen (secondary N) is 1. The van der Waals surface area contributed by atoms with Crippen LogP contribution in [0.25, 0.3) is 5.69 Å². The highest BCUT2D eigenvalue weighted by Gasteiger charge is 2.04. The number of hydrogen-bond donors (Lipinski definition) is 1. The van der Waals surface area contributed by atoms with Crippen molar-refractivity contribution in [3.05, 3.63) is 78.1 Å². The molecule has 0 spiro atoms. The van der Waals surface area contributed by atoms with Crippen molar-refractivity contribution in [2.24, 2.45) is 0 Å². The summed E-state index contributed by atoms with van der Waals surface area (Å²) in [5.74, 6) is 0.375. The van der Waals surface area contributed by atoms with Crippen LogP contribution < -0.4 is 10.1 Å². The molecule has 6 nitrogen and oxygen atoms in total. The topological polar surface area (TPSA) is 73.2 Å². The Morgan fingerprint density at radius 3 is 2.44 bits per heavy atom. The van der Waals surface area contributed by atoms with Gasteiger partial charge in [-0.05, 0) is 61.4 Å². The zero-order valence-electron chi connectivity index (χ0n) is 15.1. The van der Waals surface area contributed by atoms with Gasteiger partial charge in [0.2, 0.25) is 0 Å². The molecule has 0 saturated heterocycles. The van der Waals surface area contributed by atoms with Crippen LogP contribution in [-0.2, 0) is 11.2 Å². The summed E-state index contributed by atoms with van der Waals surface area (Å²) in [5.41, 5.74) is 2.74. The van der Waals surface area contributed by atoms with Gasteiger partial charge in [-0.3, -0.25) is 9.59 Å². The molecule has 138 valence electrons. The Morgan fingerprint density at radius 1 is 1.07 bits per heavy atom. The smallest absolute Gasteiger partial charge is 0.257 e. The first-order valence-electron chi connectivity index (χ1n) is 8.71. The van der Waals surface area contributed by atoms with Gasteiger partial charge >= 0.3 is 0 Å².